The Balaban J connectivity index is 1.33. The third-order valence-corrected chi connectivity index (χ3v) is 6.09. The smallest absolute Gasteiger partial charge is 0.234 e. The Hall–Kier alpha value is -3.24. The van der Waals surface area contributed by atoms with Crippen molar-refractivity contribution in [3.63, 3.8) is 0 Å². The second-order valence-electron chi connectivity index (χ2n) is 7.46. The number of rotatable bonds is 6. The number of aromatic nitrogens is 3. The average Bonchev–Trinajstić information content (AvgIpc) is 3.45. The summed E-state index contributed by atoms with van der Waals surface area (Å²) < 4.78 is 18.2. The number of morpholine rings is 1. The first-order chi connectivity index (χ1) is 15.7. The van der Waals surface area contributed by atoms with E-state index in [0.717, 1.165) is 30.3 Å². The van der Waals surface area contributed by atoms with Gasteiger partial charge in [0.25, 0.3) is 0 Å². The number of nitrogens with one attached hydrogen (secondary N) is 1. The lowest BCUT2D eigenvalue weighted by atomic mass is 10.2. The fraction of sp³-hybridized carbons (Fsp3) is 0.318. The number of thioether (sulfide) groups is 1. The fourth-order valence-corrected chi connectivity index (χ4v) is 4.37. The molecule has 10 heteroatoms. The largest absolute Gasteiger partial charge is 0.454 e. The van der Waals surface area contributed by atoms with Gasteiger partial charge in [0.05, 0.1) is 24.7 Å². The van der Waals surface area contributed by atoms with Gasteiger partial charge in [0.2, 0.25) is 18.6 Å². The minimum Gasteiger partial charge on any atom is -0.454 e. The highest BCUT2D eigenvalue weighted by Crippen LogP contribution is 2.34. The lowest BCUT2D eigenvalue weighted by Crippen LogP contribution is -2.37. The van der Waals surface area contributed by atoms with Crippen LogP contribution in [-0.4, -0.2) is 59.5 Å². The van der Waals surface area contributed by atoms with Crippen molar-refractivity contribution in [1.82, 2.24) is 14.8 Å². The molecule has 2 aromatic carbocycles. The maximum Gasteiger partial charge on any atom is 0.234 e. The van der Waals surface area contributed by atoms with E-state index in [1.54, 1.807) is 18.2 Å². The van der Waals surface area contributed by atoms with Crippen LogP contribution in [0.5, 0.6) is 11.5 Å². The Labute approximate surface area is 189 Å². The summed E-state index contributed by atoms with van der Waals surface area (Å²) in [5.41, 5.74) is 2.77. The Bertz CT molecular complexity index is 1130. The van der Waals surface area contributed by atoms with E-state index in [2.05, 4.69) is 26.5 Å². The third kappa shape index (κ3) is 4.37. The van der Waals surface area contributed by atoms with Crippen molar-refractivity contribution in [1.29, 1.82) is 0 Å². The molecule has 1 N–H and O–H groups in total. The van der Waals surface area contributed by atoms with Crippen molar-refractivity contribution in [2.45, 2.75) is 12.1 Å². The molecule has 9 nitrogen and oxygen atoms in total. The molecule has 3 aromatic rings. The predicted molar refractivity (Wildman–Crippen MR) is 121 cm³/mol. The molecule has 1 saturated heterocycles. The molecule has 0 unspecified atom stereocenters. The first-order valence-electron chi connectivity index (χ1n) is 10.3. The van der Waals surface area contributed by atoms with Gasteiger partial charge in [-0.25, -0.2) is 0 Å². The van der Waals surface area contributed by atoms with Gasteiger partial charge in [-0.3, -0.25) is 9.36 Å². The number of anilines is 2. The summed E-state index contributed by atoms with van der Waals surface area (Å²) in [7, 11) is 0. The Kier molecular flexibility index (Phi) is 5.87. The van der Waals surface area contributed by atoms with Crippen LogP contribution in [0.3, 0.4) is 0 Å². The van der Waals surface area contributed by atoms with Crippen molar-refractivity contribution >= 4 is 29.3 Å². The molecule has 1 amide bonds. The van der Waals surface area contributed by atoms with Gasteiger partial charge in [-0.05, 0) is 36.8 Å². The van der Waals surface area contributed by atoms with Crippen LogP contribution in [0, 0.1) is 6.92 Å². The monoisotopic (exact) mass is 453 g/mol. The normalized spacial score (nSPS) is 15.1. The van der Waals surface area contributed by atoms with Gasteiger partial charge in [0.1, 0.15) is 0 Å². The van der Waals surface area contributed by atoms with Crippen molar-refractivity contribution < 1.29 is 19.0 Å². The zero-order valence-electron chi connectivity index (χ0n) is 17.6. The van der Waals surface area contributed by atoms with Crippen LogP contribution >= 0.6 is 11.8 Å². The molecule has 0 saturated carbocycles. The SMILES string of the molecule is Cc1cccc(-n2c(SCC(=O)Nc3ccc4c(c3)OCO4)nnc2N2CCOCC2)c1. The minimum absolute atomic E-state index is 0.138. The topological polar surface area (TPSA) is 90.7 Å². The number of carbonyl (C=O) groups is 1. The number of fused-ring (bicyclic) bond motifs is 1. The molecule has 2 aliphatic heterocycles. The number of hydrogen-bond donors (Lipinski definition) is 1. The number of aryl methyl sites for hydroxylation is 1. The number of hydrogen-bond acceptors (Lipinski definition) is 8. The van der Waals surface area contributed by atoms with Crippen LogP contribution < -0.4 is 19.7 Å². The van der Waals surface area contributed by atoms with E-state index in [0.29, 0.717) is 35.6 Å². The van der Waals surface area contributed by atoms with E-state index in [9.17, 15) is 4.79 Å². The van der Waals surface area contributed by atoms with Gasteiger partial charge in [-0.2, -0.15) is 0 Å². The van der Waals surface area contributed by atoms with E-state index >= 15 is 0 Å². The van der Waals surface area contributed by atoms with Gasteiger partial charge < -0.3 is 24.4 Å². The van der Waals surface area contributed by atoms with Crippen LogP contribution in [0.1, 0.15) is 5.56 Å². The molecule has 0 radical (unpaired) electrons. The lowest BCUT2D eigenvalue weighted by Gasteiger charge is -2.28. The number of ether oxygens (including phenoxy) is 3. The maximum absolute atomic E-state index is 12.6. The maximum atomic E-state index is 12.6. The standard InChI is InChI=1S/C22H23N5O4S/c1-15-3-2-4-17(11-15)27-21(26-7-9-29-10-8-26)24-25-22(27)32-13-20(28)23-16-5-6-18-19(12-16)31-14-30-18/h2-6,11-12H,7-10,13-14H2,1H3,(H,23,28). The van der Waals surface area contributed by atoms with Gasteiger partial charge in [-0.1, -0.05) is 23.9 Å². The lowest BCUT2D eigenvalue weighted by molar-refractivity contribution is -0.113. The van der Waals surface area contributed by atoms with Crippen molar-refractivity contribution in [2.75, 3.05) is 49.1 Å². The predicted octanol–water partition coefficient (Wildman–Crippen LogP) is 2.87. The van der Waals surface area contributed by atoms with E-state index in [4.69, 9.17) is 14.2 Å². The van der Waals surface area contributed by atoms with Gasteiger partial charge >= 0.3 is 0 Å². The Morgan fingerprint density at radius 3 is 2.78 bits per heavy atom. The summed E-state index contributed by atoms with van der Waals surface area (Å²) >= 11 is 1.35. The fourth-order valence-electron chi connectivity index (χ4n) is 3.62. The van der Waals surface area contributed by atoms with Crippen LogP contribution in [-0.2, 0) is 9.53 Å². The van der Waals surface area contributed by atoms with Crippen LogP contribution in [0.25, 0.3) is 5.69 Å². The third-order valence-electron chi connectivity index (χ3n) is 5.16. The Morgan fingerprint density at radius 1 is 1.09 bits per heavy atom. The van der Waals surface area contributed by atoms with Crippen LogP contribution in [0.4, 0.5) is 11.6 Å². The van der Waals surface area contributed by atoms with Gasteiger partial charge in [-0.15, -0.1) is 10.2 Å². The number of benzene rings is 2. The van der Waals surface area contributed by atoms with E-state index in [-0.39, 0.29) is 18.5 Å². The molecule has 1 aromatic heterocycles. The van der Waals surface area contributed by atoms with E-state index in [1.165, 1.54) is 11.8 Å². The molecule has 0 atom stereocenters. The number of nitrogens with zero attached hydrogens (tertiary/aromatic N) is 4. The first-order valence-corrected chi connectivity index (χ1v) is 11.3. The summed E-state index contributed by atoms with van der Waals surface area (Å²) in [6, 6.07) is 13.5. The molecule has 1 fully saturated rings. The quantitative estimate of drug-likeness (QED) is 0.570. The molecule has 166 valence electrons. The molecule has 0 spiro atoms. The highest BCUT2D eigenvalue weighted by molar-refractivity contribution is 7.99. The molecule has 0 bridgehead atoms. The van der Waals surface area contributed by atoms with Crippen molar-refractivity contribution in [2.24, 2.45) is 0 Å². The molecule has 0 aliphatic carbocycles. The zero-order valence-corrected chi connectivity index (χ0v) is 18.4. The van der Waals surface area contributed by atoms with Gasteiger partial charge in [0, 0.05) is 24.8 Å². The zero-order chi connectivity index (χ0) is 21.9. The number of amides is 1. The molecule has 2 aliphatic rings. The highest BCUT2D eigenvalue weighted by Gasteiger charge is 2.22. The van der Waals surface area contributed by atoms with E-state index < -0.39 is 0 Å². The van der Waals surface area contributed by atoms with Crippen molar-refractivity contribution in [3.05, 3.63) is 48.0 Å². The van der Waals surface area contributed by atoms with Crippen LogP contribution in [0.2, 0.25) is 0 Å². The molecule has 3 heterocycles. The summed E-state index contributed by atoms with van der Waals surface area (Å²) in [6.45, 7) is 5.05. The Morgan fingerprint density at radius 2 is 1.94 bits per heavy atom. The summed E-state index contributed by atoms with van der Waals surface area (Å²) in [4.78, 5) is 14.8. The molecular formula is C22H23N5O4S. The van der Waals surface area contributed by atoms with E-state index in [1.807, 2.05) is 29.7 Å². The summed E-state index contributed by atoms with van der Waals surface area (Å²) in [6.07, 6.45) is 0. The highest BCUT2D eigenvalue weighted by atomic mass is 32.2. The van der Waals surface area contributed by atoms with Crippen LogP contribution in [0.15, 0.2) is 47.6 Å². The molecular weight excluding hydrogens is 430 g/mol. The molecule has 5 rings (SSSR count). The average molecular weight is 454 g/mol. The summed E-state index contributed by atoms with van der Waals surface area (Å²) in [5.74, 6) is 2.13. The summed E-state index contributed by atoms with van der Waals surface area (Å²) in [5, 5.41) is 12.4. The first kappa shape index (κ1) is 20.7. The molecule has 32 heavy (non-hydrogen) atoms. The number of carbonyl (C=O) groups excluding carboxylic acids is 1. The minimum atomic E-state index is -0.138. The van der Waals surface area contributed by atoms with Crippen molar-refractivity contribution in [3.8, 4) is 17.2 Å². The second-order valence-corrected chi connectivity index (χ2v) is 8.40. The second kappa shape index (κ2) is 9.09. The van der Waals surface area contributed by atoms with Gasteiger partial charge in [0.15, 0.2) is 16.7 Å².